The smallest absolute Gasteiger partial charge is 0.311 e. The number of carbonyl (C=O) groups excluding carboxylic acids is 1. The third-order valence-electron chi connectivity index (χ3n) is 4.04. The quantitative estimate of drug-likeness (QED) is 0.218. The molecule has 0 aromatic carbocycles. The molecule has 0 heterocycles. The minimum absolute atomic E-state index is 0.178. The summed E-state index contributed by atoms with van der Waals surface area (Å²) in [5.41, 5.74) is -0.468. The average molecular weight is 387 g/mol. The summed E-state index contributed by atoms with van der Waals surface area (Å²) in [6.07, 6.45) is 29.0. The molecule has 0 saturated carbocycles. The molecule has 3 nitrogen and oxygen atoms in total. The lowest BCUT2D eigenvalue weighted by molar-refractivity contribution is -0.150. The van der Waals surface area contributed by atoms with Gasteiger partial charge in [-0.05, 0) is 52.4 Å². The molecule has 1 atom stereocenters. The van der Waals surface area contributed by atoms with Crippen molar-refractivity contribution in [1.82, 2.24) is 0 Å². The predicted octanol–water partition coefficient (Wildman–Crippen LogP) is 6.24. The zero-order chi connectivity index (χ0) is 21.1. The summed E-state index contributed by atoms with van der Waals surface area (Å²) < 4.78 is 4.79. The molecule has 1 N–H and O–H groups in total. The van der Waals surface area contributed by atoms with Crippen molar-refractivity contribution in [1.29, 1.82) is 0 Å². The van der Waals surface area contributed by atoms with Crippen molar-refractivity contribution in [3.63, 3.8) is 0 Å². The summed E-state index contributed by atoms with van der Waals surface area (Å²) in [6, 6.07) is 0. The maximum atomic E-state index is 11.6. The number of ether oxygens (including phenoxy) is 1. The molecule has 28 heavy (non-hydrogen) atoms. The van der Waals surface area contributed by atoms with Crippen molar-refractivity contribution >= 4 is 5.97 Å². The van der Waals surface area contributed by atoms with Crippen LogP contribution in [0.4, 0.5) is 0 Å². The summed E-state index contributed by atoms with van der Waals surface area (Å²) in [6.45, 7) is 5.86. The first-order chi connectivity index (χ1) is 13.4. The van der Waals surface area contributed by atoms with Crippen LogP contribution in [0.2, 0.25) is 0 Å². The Labute approximate surface area is 171 Å². The van der Waals surface area contributed by atoms with Crippen LogP contribution in [0.3, 0.4) is 0 Å². The Kier molecular flexibility index (Phi) is 15.7. The molecule has 0 aromatic heterocycles. The highest BCUT2D eigenvalue weighted by Crippen LogP contribution is 2.22. The number of aliphatic hydroxyl groups is 1. The molecule has 3 heteroatoms. The van der Waals surface area contributed by atoms with E-state index >= 15 is 0 Å². The van der Waals surface area contributed by atoms with Crippen molar-refractivity contribution in [3.8, 4) is 0 Å². The van der Waals surface area contributed by atoms with Gasteiger partial charge in [-0.15, -0.1) is 0 Å². The third kappa shape index (κ3) is 15.0. The highest BCUT2D eigenvalue weighted by molar-refractivity contribution is 5.75. The van der Waals surface area contributed by atoms with Gasteiger partial charge >= 0.3 is 5.97 Å². The Morgan fingerprint density at radius 3 is 2.04 bits per heavy atom. The van der Waals surface area contributed by atoms with Crippen LogP contribution in [0.1, 0.15) is 59.3 Å². The molecule has 0 aliphatic heterocycles. The largest absolute Gasteiger partial charge is 0.469 e. The number of carbonyl (C=O) groups is 1. The topological polar surface area (TPSA) is 46.5 Å². The fourth-order valence-corrected chi connectivity index (χ4v) is 2.28. The minimum Gasteiger partial charge on any atom is -0.469 e. The lowest BCUT2D eigenvalue weighted by atomic mass is 9.89. The van der Waals surface area contributed by atoms with Crippen molar-refractivity contribution in [2.45, 2.75) is 65.4 Å². The van der Waals surface area contributed by atoms with E-state index in [0.29, 0.717) is 12.8 Å². The van der Waals surface area contributed by atoms with E-state index in [1.165, 1.54) is 7.11 Å². The fraction of sp³-hybridized carbons (Fsp3) is 0.480. The highest BCUT2D eigenvalue weighted by Gasteiger charge is 2.26. The standard InChI is InChI=1S/C25H38O3/c1-5-6-17-20-23(26)21-18-15-13-11-9-7-8-10-12-14-16-19-22-25(2,3)24(27)28-4/h6-7,9-10,12-13,15-19,21,23,26H,5,8,11,14,20,22H2,1-4H3/b9-7-,12-10-,15-13-,17-6-,19-16-,21-18+. The number of rotatable bonds is 14. The van der Waals surface area contributed by atoms with Gasteiger partial charge in [0.25, 0.3) is 0 Å². The maximum Gasteiger partial charge on any atom is 0.311 e. The van der Waals surface area contributed by atoms with Gasteiger partial charge in [-0.1, -0.05) is 79.8 Å². The maximum absolute atomic E-state index is 11.6. The molecule has 0 aliphatic rings. The normalized spacial score (nSPS) is 14.6. The number of aliphatic hydroxyl groups excluding tert-OH is 1. The molecule has 0 aliphatic carbocycles. The van der Waals surface area contributed by atoms with E-state index in [4.69, 9.17) is 4.74 Å². The van der Waals surface area contributed by atoms with Crippen molar-refractivity contribution in [2.75, 3.05) is 7.11 Å². The predicted molar refractivity (Wildman–Crippen MR) is 120 cm³/mol. The molecule has 0 fully saturated rings. The van der Waals surface area contributed by atoms with Crippen LogP contribution >= 0.6 is 0 Å². The zero-order valence-corrected chi connectivity index (χ0v) is 18.0. The summed E-state index contributed by atoms with van der Waals surface area (Å²) in [5.74, 6) is -0.178. The van der Waals surface area contributed by atoms with Gasteiger partial charge in [0.05, 0.1) is 18.6 Å². The molecule has 0 bridgehead atoms. The average Bonchev–Trinajstić information content (AvgIpc) is 2.67. The van der Waals surface area contributed by atoms with E-state index in [2.05, 4.69) is 49.5 Å². The van der Waals surface area contributed by atoms with Gasteiger partial charge in [-0.2, -0.15) is 0 Å². The molecule has 1 unspecified atom stereocenters. The lowest BCUT2D eigenvalue weighted by Crippen LogP contribution is -2.24. The van der Waals surface area contributed by atoms with Crippen LogP contribution in [-0.4, -0.2) is 24.3 Å². The van der Waals surface area contributed by atoms with E-state index in [-0.39, 0.29) is 5.97 Å². The molecular formula is C25H38O3. The SMILES string of the molecule is CC/C=C\CC(O)/C=C/C=C\C/C=C\C/C=C\C/C=C\CC(C)(C)C(=O)OC. The minimum atomic E-state index is -0.468. The second kappa shape index (κ2) is 17.0. The number of methoxy groups -OCH3 is 1. The number of allylic oxidation sites excluding steroid dienone is 10. The van der Waals surface area contributed by atoms with Crippen molar-refractivity contribution in [3.05, 3.63) is 72.9 Å². The Bertz CT molecular complexity index is 575. The molecular weight excluding hydrogens is 348 g/mol. The summed E-state index contributed by atoms with van der Waals surface area (Å²) in [5, 5.41) is 9.71. The fourth-order valence-electron chi connectivity index (χ4n) is 2.28. The first-order valence-electron chi connectivity index (χ1n) is 10.1. The van der Waals surface area contributed by atoms with Gasteiger partial charge in [-0.25, -0.2) is 0 Å². The van der Waals surface area contributed by atoms with Crippen molar-refractivity contribution < 1.29 is 14.6 Å². The lowest BCUT2D eigenvalue weighted by Gasteiger charge is -2.18. The first kappa shape index (κ1) is 25.9. The molecule has 0 rings (SSSR count). The van der Waals surface area contributed by atoms with Crippen LogP contribution in [0, 0.1) is 5.41 Å². The van der Waals surface area contributed by atoms with Crippen LogP contribution < -0.4 is 0 Å². The third-order valence-corrected chi connectivity index (χ3v) is 4.04. The second-order valence-corrected chi connectivity index (χ2v) is 7.20. The Hall–Kier alpha value is -2.13. The second-order valence-electron chi connectivity index (χ2n) is 7.20. The van der Waals surface area contributed by atoms with Crippen molar-refractivity contribution in [2.24, 2.45) is 5.41 Å². The first-order valence-corrected chi connectivity index (χ1v) is 10.1. The van der Waals surface area contributed by atoms with Gasteiger partial charge in [0.15, 0.2) is 0 Å². The van der Waals surface area contributed by atoms with E-state index in [0.717, 1.165) is 25.7 Å². The molecule has 0 spiro atoms. The molecule has 0 amide bonds. The van der Waals surface area contributed by atoms with Crippen LogP contribution in [0.25, 0.3) is 0 Å². The van der Waals surface area contributed by atoms with Gasteiger partial charge in [0, 0.05) is 0 Å². The molecule has 156 valence electrons. The van der Waals surface area contributed by atoms with E-state index < -0.39 is 11.5 Å². The van der Waals surface area contributed by atoms with Crippen LogP contribution in [0.5, 0.6) is 0 Å². The number of hydrogen-bond donors (Lipinski definition) is 1. The Balaban J connectivity index is 3.85. The summed E-state index contributed by atoms with van der Waals surface area (Å²) >= 11 is 0. The Morgan fingerprint density at radius 2 is 1.46 bits per heavy atom. The van der Waals surface area contributed by atoms with Gasteiger partial charge in [0.1, 0.15) is 0 Å². The van der Waals surface area contributed by atoms with Gasteiger partial charge < -0.3 is 9.84 Å². The number of hydrogen-bond acceptors (Lipinski definition) is 3. The highest BCUT2D eigenvalue weighted by atomic mass is 16.5. The van der Waals surface area contributed by atoms with E-state index in [1.54, 1.807) is 0 Å². The Morgan fingerprint density at radius 1 is 0.893 bits per heavy atom. The molecule has 0 saturated heterocycles. The molecule has 0 radical (unpaired) electrons. The summed E-state index contributed by atoms with van der Waals surface area (Å²) in [7, 11) is 1.42. The van der Waals surface area contributed by atoms with Gasteiger partial charge in [0.2, 0.25) is 0 Å². The summed E-state index contributed by atoms with van der Waals surface area (Å²) in [4.78, 5) is 11.6. The van der Waals surface area contributed by atoms with Crippen LogP contribution in [-0.2, 0) is 9.53 Å². The van der Waals surface area contributed by atoms with Crippen LogP contribution in [0.15, 0.2) is 72.9 Å². The van der Waals surface area contributed by atoms with E-state index in [1.807, 2.05) is 44.2 Å². The number of esters is 1. The van der Waals surface area contributed by atoms with E-state index in [9.17, 15) is 9.90 Å². The zero-order valence-electron chi connectivity index (χ0n) is 18.0. The molecule has 0 aromatic rings. The monoisotopic (exact) mass is 386 g/mol. The van der Waals surface area contributed by atoms with Gasteiger partial charge in [-0.3, -0.25) is 4.79 Å².